The molecule has 0 aliphatic rings. The number of hydrogen-bond donors (Lipinski definition) is 0. The molecule has 96 valence electrons. The maximum atomic E-state index is 12.5. The first-order valence-corrected chi connectivity index (χ1v) is 7.15. The molecule has 19 heavy (non-hydrogen) atoms. The quantitative estimate of drug-likeness (QED) is 0.433. The summed E-state index contributed by atoms with van der Waals surface area (Å²) in [4.78, 5) is 14.3. The Morgan fingerprint density at radius 2 is 1.58 bits per heavy atom. The van der Waals surface area contributed by atoms with Crippen LogP contribution in [0.3, 0.4) is 0 Å². The van der Waals surface area contributed by atoms with Gasteiger partial charge in [0.2, 0.25) is 0 Å². The summed E-state index contributed by atoms with van der Waals surface area (Å²) in [5, 5.41) is 0. The van der Waals surface area contributed by atoms with Crippen LogP contribution < -0.4 is 0 Å². The fourth-order valence-electron chi connectivity index (χ4n) is 1.71. The molecule has 0 atom stereocenters. The van der Waals surface area contributed by atoms with Crippen molar-refractivity contribution in [2.75, 3.05) is 0 Å². The molecule has 2 rings (SSSR count). The number of ketones is 1. The van der Waals surface area contributed by atoms with Crippen LogP contribution in [0.1, 0.15) is 23.7 Å². The van der Waals surface area contributed by atoms with Crippen LogP contribution in [0.25, 0.3) is 0 Å². The van der Waals surface area contributed by atoms with Gasteiger partial charge in [-0.3, -0.25) is 4.79 Å². The van der Waals surface area contributed by atoms with Crippen LogP contribution in [0.2, 0.25) is 0 Å². The molecule has 0 spiro atoms. The third kappa shape index (κ3) is 3.83. The Morgan fingerprint density at radius 3 is 2.16 bits per heavy atom. The summed E-state index contributed by atoms with van der Waals surface area (Å²) in [5.41, 5.74) is 0.741. The van der Waals surface area contributed by atoms with E-state index in [2.05, 4.69) is 0 Å². The van der Waals surface area contributed by atoms with Gasteiger partial charge in [-0.25, -0.2) is 0 Å². The average Bonchev–Trinajstić information content (AvgIpc) is 2.48. The van der Waals surface area contributed by atoms with Gasteiger partial charge in [-0.2, -0.15) is 0 Å². The number of carbonyl (C=O) groups is 1. The van der Waals surface area contributed by atoms with Gasteiger partial charge in [0.25, 0.3) is 0 Å². The van der Waals surface area contributed by atoms with Gasteiger partial charge in [-0.05, 0) is 18.6 Å². The summed E-state index contributed by atoms with van der Waals surface area (Å²) >= 11 is 1.53. The van der Waals surface area contributed by atoms with Gasteiger partial charge in [0.1, 0.15) is 0 Å². The van der Waals surface area contributed by atoms with Crippen molar-refractivity contribution < 1.29 is 4.79 Å². The maximum Gasteiger partial charge on any atom is 0.199 e. The molecule has 0 bridgehead atoms. The van der Waals surface area contributed by atoms with E-state index >= 15 is 0 Å². The van der Waals surface area contributed by atoms with E-state index in [-0.39, 0.29) is 5.78 Å². The zero-order chi connectivity index (χ0) is 13.5. The molecule has 2 aromatic carbocycles. The zero-order valence-corrected chi connectivity index (χ0v) is 11.7. The predicted octanol–water partition coefficient (Wildman–Crippen LogP) is 4.96. The van der Waals surface area contributed by atoms with Crippen molar-refractivity contribution in [3.8, 4) is 0 Å². The second-order valence-corrected chi connectivity index (χ2v) is 5.20. The zero-order valence-electron chi connectivity index (χ0n) is 10.9. The van der Waals surface area contributed by atoms with Crippen LogP contribution in [0.15, 0.2) is 76.5 Å². The second-order valence-electron chi connectivity index (χ2n) is 4.09. The highest BCUT2D eigenvalue weighted by atomic mass is 32.2. The van der Waals surface area contributed by atoms with Crippen molar-refractivity contribution in [1.29, 1.82) is 0 Å². The predicted molar refractivity (Wildman–Crippen MR) is 81.4 cm³/mol. The summed E-state index contributed by atoms with van der Waals surface area (Å²) in [6.45, 7) is 2.05. The lowest BCUT2D eigenvalue weighted by atomic mass is 10.1. The number of Topliss-reactive ketones (excluding diaryl/α,β-unsaturated/α-hetero) is 1. The third-order valence-electron chi connectivity index (χ3n) is 2.62. The van der Waals surface area contributed by atoms with Crippen molar-refractivity contribution in [3.63, 3.8) is 0 Å². The molecule has 2 heteroatoms. The van der Waals surface area contributed by atoms with Crippen molar-refractivity contribution in [1.82, 2.24) is 0 Å². The lowest BCUT2D eigenvalue weighted by Crippen LogP contribution is -2.00. The molecule has 0 heterocycles. The Kier molecular flexibility index (Phi) is 4.99. The summed E-state index contributed by atoms with van der Waals surface area (Å²) < 4.78 is 0. The molecule has 0 N–H and O–H groups in total. The SMILES string of the molecule is CC/C=C(/Sc1ccccc1)C(=O)c1ccccc1. The average molecular weight is 268 g/mol. The highest BCUT2D eigenvalue weighted by Gasteiger charge is 2.12. The van der Waals surface area contributed by atoms with Gasteiger partial charge in [0.05, 0.1) is 4.91 Å². The molecule has 0 aromatic heterocycles. The lowest BCUT2D eigenvalue weighted by Gasteiger charge is -2.06. The van der Waals surface area contributed by atoms with Crippen LogP contribution in [0, 0.1) is 0 Å². The molecular weight excluding hydrogens is 252 g/mol. The van der Waals surface area contributed by atoms with Gasteiger partial charge in [-0.15, -0.1) is 0 Å². The third-order valence-corrected chi connectivity index (χ3v) is 3.70. The highest BCUT2D eigenvalue weighted by Crippen LogP contribution is 2.29. The van der Waals surface area contributed by atoms with Crippen molar-refractivity contribution in [2.24, 2.45) is 0 Å². The molecule has 0 aliphatic heterocycles. The van der Waals surface area contributed by atoms with E-state index in [0.717, 1.165) is 21.8 Å². The summed E-state index contributed by atoms with van der Waals surface area (Å²) in [5.74, 6) is 0.0938. The first-order valence-electron chi connectivity index (χ1n) is 6.34. The standard InChI is InChI=1S/C17H16OS/c1-2-9-16(19-15-12-7-4-8-13-15)17(18)14-10-5-3-6-11-14/h3-13H,2H2,1H3/b16-9+. The van der Waals surface area contributed by atoms with E-state index in [9.17, 15) is 4.79 Å². The van der Waals surface area contributed by atoms with Crippen molar-refractivity contribution >= 4 is 17.5 Å². The van der Waals surface area contributed by atoms with Gasteiger partial charge >= 0.3 is 0 Å². The van der Waals surface area contributed by atoms with E-state index in [1.165, 1.54) is 11.8 Å². The van der Waals surface area contributed by atoms with Crippen LogP contribution in [-0.2, 0) is 0 Å². The van der Waals surface area contributed by atoms with Gasteiger partial charge in [0.15, 0.2) is 5.78 Å². The van der Waals surface area contributed by atoms with Gasteiger partial charge < -0.3 is 0 Å². The van der Waals surface area contributed by atoms with Crippen LogP contribution in [0.4, 0.5) is 0 Å². The smallest absolute Gasteiger partial charge is 0.199 e. The molecule has 1 nitrogen and oxygen atoms in total. The number of thioether (sulfide) groups is 1. The number of hydrogen-bond acceptors (Lipinski definition) is 2. The largest absolute Gasteiger partial charge is 0.288 e. The first-order chi connectivity index (χ1) is 9.31. The Bertz CT molecular complexity index is 558. The molecule has 0 radical (unpaired) electrons. The van der Waals surface area contributed by atoms with Crippen LogP contribution in [0.5, 0.6) is 0 Å². The number of rotatable bonds is 5. The van der Waals surface area contributed by atoms with E-state index in [0.29, 0.717) is 0 Å². The lowest BCUT2D eigenvalue weighted by molar-refractivity contribution is 0.104. The van der Waals surface area contributed by atoms with Crippen molar-refractivity contribution in [3.05, 3.63) is 77.2 Å². The fourth-order valence-corrected chi connectivity index (χ4v) is 2.72. The first kappa shape index (κ1) is 13.6. The molecule has 0 amide bonds. The number of carbonyl (C=O) groups excluding carboxylic acids is 1. The Labute approximate surface area is 118 Å². The minimum Gasteiger partial charge on any atom is -0.288 e. The minimum absolute atomic E-state index is 0.0938. The molecule has 0 aliphatic carbocycles. The van der Waals surface area contributed by atoms with E-state index in [4.69, 9.17) is 0 Å². The van der Waals surface area contributed by atoms with Crippen LogP contribution >= 0.6 is 11.8 Å². The molecule has 0 saturated heterocycles. The topological polar surface area (TPSA) is 17.1 Å². The molecule has 0 saturated carbocycles. The highest BCUT2D eigenvalue weighted by molar-refractivity contribution is 8.04. The molecule has 0 fully saturated rings. The number of benzene rings is 2. The summed E-state index contributed by atoms with van der Waals surface area (Å²) in [6.07, 6.45) is 2.85. The van der Waals surface area contributed by atoms with E-state index < -0.39 is 0 Å². The summed E-state index contributed by atoms with van der Waals surface area (Å²) in [6, 6.07) is 19.4. The van der Waals surface area contributed by atoms with Gasteiger partial charge in [0, 0.05) is 10.5 Å². The second kappa shape index (κ2) is 6.95. The Morgan fingerprint density at radius 1 is 1.00 bits per heavy atom. The Hall–Kier alpha value is -1.80. The summed E-state index contributed by atoms with van der Waals surface area (Å²) in [7, 11) is 0. The monoisotopic (exact) mass is 268 g/mol. The molecular formula is C17H16OS. The minimum atomic E-state index is 0.0938. The molecule has 2 aromatic rings. The van der Waals surface area contributed by atoms with Crippen LogP contribution in [-0.4, -0.2) is 5.78 Å². The Balaban J connectivity index is 2.22. The normalized spacial score (nSPS) is 11.3. The molecule has 0 unspecified atom stereocenters. The van der Waals surface area contributed by atoms with E-state index in [1.54, 1.807) is 0 Å². The van der Waals surface area contributed by atoms with E-state index in [1.807, 2.05) is 73.7 Å². The maximum absolute atomic E-state index is 12.5. The fraction of sp³-hybridized carbons (Fsp3) is 0.118. The number of allylic oxidation sites excluding steroid dienone is 2. The van der Waals surface area contributed by atoms with Crippen molar-refractivity contribution in [2.45, 2.75) is 18.2 Å². The van der Waals surface area contributed by atoms with Gasteiger partial charge in [-0.1, -0.05) is 73.3 Å².